The van der Waals surface area contributed by atoms with Crippen LogP contribution >= 0.6 is 0 Å². The SMILES string of the molecule is COc1cc2c(=O)n(-c3cc(C(F)(F)F)cc(C(F)(F)F)c3)cnc2cc1OCc1ccccc1. The molecule has 0 saturated heterocycles. The monoisotopic (exact) mass is 494 g/mol. The highest BCUT2D eigenvalue weighted by Gasteiger charge is 2.37. The van der Waals surface area contributed by atoms with Crippen molar-refractivity contribution in [3.8, 4) is 17.2 Å². The van der Waals surface area contributed by atoms with Crippen LogP contribution in [-0.4, -0.2) is 16.7 Å². The van der Waals surface area contributed by atoms with Crippen molar-refractivity contribution in [1.29, 1.82) is 0 Å². The molecule has 0 atom stereocenters. The average Bonchev–Trinajstić information content (AvgIpc) is 2.82. The van der Waals surface area contributed by atoms with E-state index < -0.39 is 34.7 Å². The van der Waals surface area contributed by atoms with Gasteiger partial charge in [0.25, 0.3) is 5.56 Å². The Balaban J connectivity index is 1.81. The highest BCUT2D eigenvalue weighted by atomic mass is 19.4. The summed E-state index contributed by atoms with van der Waals surface area (Å²) in [5.74, 6) is 0.400. The zero-order valence-corrected chi connectivity index (χ0v) is 17.9. The van der Waals surface area contributed by atoms with E-state index in [1.165, 1.54) is 19.2 Å². The van der Waals surface area contributed by atoms with Crippen LogP contribution < -0.4 is 15.0 Å². The molecule has 0 aliphatic heterocycles. The number of halogens is 6. The molecule has 1 aromatic heterocycles. The lowest BCUT2D eigenvalue weighted by molar-refractivity contribution is -0.143. The van der Waals surface area contributed by atoms with E-state index in [0.29, 0.717) is 16.7 Å². The van der Waals surface area contributed by atoms with Crippen LogP contribution in [0.2, 0.25) is 0 Å². The highest BCUT2D eigenvalue weighted by molar-refractivity contribution is 5.82. The molecule has 1 heterocycles. The molecule has 4 aromatic rings. The molecule has 0 unspecified atom stereocenters. The number of aromatic nitrogens is 2. The fourth-order valence-corrected chi connectivity index (χ4v) is 3.40. The zero-order valence-electron chi connectivity index (χ0n) is 17.9. The molecule has 182 valence electrons. The molecular formula is C24H16F6N2O3. The first-order valence-electron chi connectivity index (χ1n) is 10.0. The number of methoxy groups -OCH3 is 1. The molecule has 5 nitrogen and oxygen atoms in total. The second-order valence-electron chi connectivity index (χ2n) is 7.48. The number of alkyl halides is 6. The first-order chi connectivity index (χ1) is 16.5. The van der Waals surface area contributed by atoms with Gasteiger partial charge in [0.15, 0.2) is 11.5 Å². The standard InChI is InChI=1S/C24H16F6N2O3/c1-34-20-10-18-19(11-21(20)35-12-14-5-3-2-4-6-14)31-13-32(22(18)33)17-8-15(23(25,26)27)7-16(9-17)24(28,29)30/h2-11,13H,12H2,1H3. The van der Waals surface area contributed by atoms with Gasteiger partial charge < -0.3 is 9.47 Å². The van der Waals surface area contributed by atoms with Gasteiger partial charge in [-0.3, -0.25) is 9.36 Å². The molecule has 0 fully saturated rings. The molecule has 0 aliphatic rings. The van der Waals surface area contributed by atoms with E-state index in [-0.39, 0.29) is 35.1 Å². The fraction of sp³-hybridized carbons (Fsp3) is 0.167. The van der Waals surface area contributed by atoms with E-state index in [9.17, 15) is 31.1 Å². The maximum absolute atomic E-state index is 13.2. The summed E-state index contributed by atoms with van der Waals surface area (Å²) < 4.78 is 91.1. The van der Waals surface area contributed by atoms with Gasteiger partial charge >= 0.3 is 12.4 Å². The van der Waals surface area contributed by atoms with E-state index in [0.717, 1.165) is 11.9 Å². The van der Waals surface area contributed by atoms with Crippen molar-refractivity contribution < 1.29 is 35.8 Å². The minimum absolute atomic E-state index is 0.0115. The maximum Gasteiger partial charge on any atom is 0.416 e. The zero-order chi connectivity index (χ0) is 25.4. The van der Waals surface area contributed by atoms with E-state index in [2.05, 4.69) is 4.98 Å². The van der Waals surface area contributed by atoms with Crippen molar-refractivity contribution in [3.05, 3.63) is 94.0 Å². The van der Waals surface area contributed by atoms with Crippen molar-refractivity contribution in [2.75, 3.05) is 7.11 Å². The van der Waals surface area contributed by atoms with Crippen LogP contribution in [-0.2, 0) is 19.0 Å². The predicted molar refractivity (Wildman–Crippen MR) is 115 cm³/mol. The van der Waals surface area contributed by atoms with Crippen molar-refractivity contribution >= 4 is 10.9 Å². The van der Waals surface area contributed by atoms with E-state index in [4.69, 9.17) is 9.47 Å². The van der Waals surface area contributed by atoms with Crippen LogP contribution in [0, 0.1) is 0 Å². The summed E-state index contributed by atoms with van der Waals surface area (Å²) in [6.45, 7) is 0.185. The molecule has 3 aromatic carbocycles. The number of fused-ring (bicyclic) bond motifs is 1. The van der Waals surface area contributed by atoms with Gasteiger partial charge in [0.2, 0.25) is 0 Å². The molecule has 4 rings (SSSR count). The predicted octanol–water partition coefficient (Wildman–Crippen LogP) is 6.01. The normalized spacial score (nSPS) is 12.1. The highest BCUT2D eigenvalue weighted by Crippen LogP contribution is 2.37. The molecule has 0 saturated carbocycles. The maximum atomic E-state index is 13.2. The molecule has 35 heavy (non-hydrogen) atoms. The molecule has 0 spiro atoms. The summed E-state index contributed by atoms with van der Waals surface area (Å²) in [6.07, 6.45) is -9.25. The second-order valence-corrected chi connectivity index (χ2v) is 7.48. The molecule has 11 heteroatoms. The number of benzene rings is 3. The van der Waals surface area contributed by atoms with Gasteiger partial charge in [-0.1, -0.05) is 30.3 Å². The van der Waals surface area contributed by atoms with E-state index >= 15 is 0 Å². The van der Waals surface area contributed by atoms with Crippen LogP contribution in [0.4, 0.5) is 26.3 Å². The molecule has 0 aliphatic carbocycles. The number of hydrogen-bond acceptors (Lipinski definition) is 4. The Bertz CT molecular complexity index is 1400. The topological polar surface area (TPSA) is 53.4 Å². The third kappa shape index (κ3) is 5.08. The van der Waals surface area contributed by atoms with E-state index in [1.807, 2.05) is 30.3 Å². The van der Waals surface area contributed by atoms with Crippen LogP contribution in [0.1, 0.15) is 16.7 Å². The van der Waals surface area contributed by atoms with Crippen LogP contribution in [0.25, 0.3) is 16.6 Å². The van der Waals surface area contributed by atoms with Crippen molar-refractivity contribution in [2.24, 2.45) is 0 Å². The Labute approximate surface area is 194 Å². The van der Waals surface area contributed by atoms with Crippen molar-refractivity contribution in [3.63, 3.8) is 0 Å². The number of ether oxygens (including phenoxy) is 2. The Kier molecular flexibility index (Phi) is 6.18. The van der Waals surface area contributed by atoms with Crippen LogP contribution in [0.5, 0.6) is 11.5 Å². The van der Waals surface area contributed by atoms with Gasteiger partial charge in [0, 0.05) is 6.07 Å². The quantitative estimate of drug-likeness (QED) is 0.319. The van der Waals surface area contributed by atoms with E-state index in [1.54, 1.807) is 0 Å². The third-order valence-electron chi connectivity index (χ3n) is 5.13. The lowest BCUT2D eigenvalue weighted by Gasteiger charge is -2.16. The lowest BCUT2D eigenvalue weighted by Crippen LogP contribution is -2.21. The van der Waals surface area contributed by atoms with Crippen LogP contribution in [0.3, 0.4) is 0 Å². The summed E-state index contributed by atoms with van der Waals surface area (Å²) in [5, 5.41) is -0.0811. The Morgan fingerprint density at radius 1 is 0.857 bits per heavy atom. The minimum Gasteiger partial charge on any atom is -0.493 e. The average molecular weight is 494 g/mol. The minimum atomic E-state index is -5.06. The Morgan fingerprint density at radius 2 is 1.49 bits per heavy atom. The summed E-state index contributed by atoms with van der Waals surface area (Å²) in [6, 6.07) is 12.8. The number of hydrogen-bond donors (Lipinski definition) is 0. The van der Waals surface area contributed by atoms with Crippen LogP contribution in [0.15, 0.2) is 71.8 Å². The first kappa shape index (κ1) is 24.1. The van der Waals surface area contributed by atoms with Gasteiger partial charge in [-0.05, 0) is 29.8 Å². The van der Waals surface area contributed by atoms with Gasteiger partial charge in [-0.15, -0.1) is 0 Å². The van der Waals surface area contributed by atoms with Gasteiger partial charge in [0.05, 0.1) is 34.8 Å². The smallest absolute Gasteiger partial charge is 0.416 e. The molecule has 0 N–H and O–H groups in total. The number of rotatable bonds is 5. The lowest BCUT2D eigenvalue weighted by atomic mass is 10.1. The van der Waals surface area contributed by atoms with Crippen molar-refractivity contribution in [2.45, 2.75) is 19.0 Å². The first-order valence-corrected chi connectivity index (χ1v) is 10.0. The van der Waals surface area contributed by atoms with Gasteiger partial charge in [0.1, 0.15) is 12.9 Å². The molecule has 0 radical (unpaired) electrons. The Hall–Kier alpha value is -4.02. The summed E-state index contributed by atoms with van der Waals surface area (Å²) in [5.41, 5.74) is -3.61. The van der Waals surface area contributed by atoms with Gasteiger partial charge in [-0.2, -0.15) is 26.3 Å². The molecular weight excluding hydrogens is 478 g/mol. The van der Waals surface area contributed by atoms with Gasteiger partial charge in [-0.25, -0.2) is 4.98 Å². The third-order valence-corrected chi connectivity index (χ3v) is 5.13. The summed E-state index contributed by atoms with van der Waals surface area (Å²) >= 11 is 0. The summed E-state index contributed by atoms with van der Waals surface area (Å²) in [7, 11) is 1.33. The molecule has 0 bridgehead atoms. The second kappa shape index (κ2) is 8.97. The largest absolute Gasteiger partial charge is 0.493 e. The fourth-order valence-electron chi connectivity index (χ4n) is 3.40. The number of nitrogens with zero attached hydrogens (tertiary/aromatic N) is 2. The summed E-state index contributed by atoms with van der Waals surface area (Å²) in [4.78, 5) is 17.1. The van der Waals surface area contributed by atoms with Crippen molar-refractivity contribution in [1.82, 2.24) is 9.55 Å². The Morgan fingerprint density at radius 3 is 2.06 bits per heavy atom. The molecule has 0 amide bonds.